The van der Waals surface area contributed by atoms with E-state index in [1.165, 1.54) is 5.56 Å². The minimum Gasteiger partial charge on any atom is -0.497 e. The van der Waals surface area contributed by atoms with E-state index in [0.717, 1.165) is 46.7 Å². The molecule has 7 heteroatoms. The number of nitrogens with zero attached hydrogens (tertiary/aromatic N) is 3. The Morgan fingerprint density at radius 2 is 1.71 bits per heavy atom. The molecule has 1 aliphatic carbocycles. The van der Waals surface area contributed by atoms with Gasteiger partial charge < -0.3 is 9.15 Å². The number of halogens is 2. The topological polar surface area (TPSA) is 50.9 Å². The van der Waals surface area contributed by atoms with E-state index in [0.29, 0.717) is 16.1 Å². The third-order valence-corrected chi connectivity index (χ3v) is 7.07. The highest BCUT2D eigenvalue weighted by Gasteiger charge is 2.43. The maximum absolute atomic E-state index is 6.19. The summed E-state index contributed by atoms with van der Waals surface area (Å²) in [6.45, 7) is 0. The molecule has 0 amide bonds. The first kappa shape index (κ1) is 21.3. The molecule has 3 aromatic carbocycles. The van der Waals surface area contributed by atoms with E-state index in [4.69, 9.17) is 42.4 Å². The number of methoxy groups -OCH3 is 1. The van der Waals surface area contributed by atoms with Crippen molar-refractivity contribution in [2.75, 3.05) is 12.1 Å². The van der Waals surface area contributed by atoms with Crippen molar-refractivity contribution in [3.63, 3.8) is 0 Å². The minimum absolute atomic E-state index is 0.0424. The Bertz CT molecular complexity index is 1380. The molecule has 0 N–H and O–H groups in total. The summed E-state index contributed by atoms with van der Waals surface area (Å²) in [5.74, 6) is 1.06. The number of fused-ring (bicyclic) bond motifs is 3. The number of anilines is 1. The van der Waals surface area contributed by atoms with Crippen LogP contribution in [0.2, 0.25) is 10.0 Å². The number of aromatic nitrogens is 1. The summed E-state index contributed by atoms with van der Waals surface area (Å²) in [5.41, 5.74) is 6.25. The van der Waals surface area contributed by atoms with Crippen molar-refractivity contribution >= 4 is 34.9 Å². The van der Waals surface area contributed by atoms with E-state index in [1.54, 1.807) is 13.4 Å². The first-order chi connectivity index (χ1) is 16.6. The second-order valence-electron chi connectivity index (χ2n) is 8.52. The van der Waals surface area contributed by atoms with Gasteiger partial charge in [0.05, 0.1) is 18.9 Å². The van der Waals surface area contributed by atoms with Crippen LogP contribution in [0.1, 0.15) is 29.2 Å². The van der Waals surface area contributed by atoms with E-state index in [9.17, 15) is 0 Å². The van der Waals surface area contributed by atoms with Gasteiger partial charge in [0.15, 0.2) is 0 Å². The van der Waals surface area contributed by atoms with Crippen molar-refractivity contribution in [3.8, 4) is 17.0 Å². The van der Waals surface area contributed by atoms with Gasteiger partial charge in [0, 0.05) is 27.1 Å². The second kappa shape index (κ2) is 8.49. The SMILES string of the molecule is COc1ccc2c(c1)CC[C@H]1C2=NN(c2nc(-c3ccc(Cl)cc3)co2)[C@@H]1c1ccc(Cl)cc1. The maximum Gasteiger partial charge on any atom is 0.319 e. The van der Waals surface area contributed by atoms with Crippen LogP contribution in [0.15, 0.2) is 82.5 Å². The number of hydrazone groups is 1. The van der Waals surface area contributed by atoms with E-state index in [1.807, 2.05) is 47.5 Å². The predicted octanol–water partition coefficient (Wildman–Crippen LogP) is 7.19. The fourth-order valence-corrected chi connectivity index (χ4v) is 5.16. The molecule has 1 aliphatic heterocycles. The van der Waals surface area contributed by atoms with E-state index in [-0.39, 0.29) is 12.0 Å². The van der Waals surface area contributed by atoms with Crippen LogP contribution in [0.5, 0.6) is 5.75 Å². The first-order valence-electron chi connectivity index (χ1n) is 11.1. The Kier molecular flexibility index (Phi) is 5.31. The average molecular weight is 490 g/mol. The summed E-state index contributed by atoms with van der Waals surface area (Å²) in [4.78, 5) is 4.79. The second-order valence-corrected chi connectivity index (χ2v) is 9.39. The van der Waals surface area contributed by atoms with Crippen LogP contribution in [-0.2, 0) is 6.42 Å². The minimum atomic E-state index is -0.0424. The normalized spacial score (nSPS) is 18.9. The van der Waals surface area contributed by atoms with Gasteiger partial charge in [0.2, 0.25) is 0 Å². The van der Waals surface area contributed by atoms with E-state index in [2.05, 4.69) is 24.3 Å². The number of benzene rings is 3. The molecule has 170 valence electrons. The number of hydrogen-bond acceptors (Lipinski definition) is 5. The van der Waals surface area contributed by atoms with Gasteiger partial charge >= 0.3 is 6.01 Å². The fraction of sp³-hybridized carbons (Fsp3) is 0.185. The maximum atomic E-state index is 6.19. The van der Waals surface area contributed by atoms with Gasteiger partial charge in [-0.15, -0.1) is 0 Å². The molecule has 2 heterocycles. The van der Waals surface area contributed by atoms with Gasteiger partial charge in [0.25, 0.3) is 0 Å². The summed E-state index contributed by atoms with van der Waals surface area (Å²) >= 11 is 12.2. The van der Waals surface area contributed by atoms with Gasteiger partial charge in [-0.3, -0.25) is 0 Å². The highest BCUT2D eigenvalue weighted by molar-refractivity contribution is 6.30. The highest BCUT2D eigenvalue weighted by atomic mass is 35.5. The van der Waals surface area contributed by atoms with Crippen LogP contribution >= 0.6 is 23.2 Å². The monoisotopic (exact) mass is 489 g/mol. The predicted molar refractivity (Wildman–Crippen MR) is 135 cm³/mol. The van der Waals surface area contributed by atoms with Gasteiger partial charge in [-0.05, 0) is 66.4 Å². The van der Waals surface area contributed by atoms with Gasteiger partial charge in [0.1, 0.15) is 17.7 Å². The fourth-order valence-electron chi connectivity index (χ4n) is 4.90. The van der Waals surface area contributed by atoms with Gasteiger partial charge in [-0.2, -0.15) is 10.1 Å². The largest absolute Gasteiger partial charge is 0.497 e. The first-order valence-corrected chi connectivity index (χ1v) is 11.9. The third kappa shape index (κ3) is 3.65. The number of ether oxygens (including phenoxy) is 1. The molecule has 34 heavy (non-hydrogen) atoms. The van der Waals surface area contributed by atoms with Crippen LogP contribution < -0.4 is 9.75 Å². The standard InChI is InChI=1S/C27H21Cl2N3O2/c1-33-21-11-13-22-18(14-21)6-12-23-25(22)31-32(26(23)17-4-9-20(29)10-5-17)27-30-24(15-34-27)16-2-7-19(28)8-3-16/h2-5,7-11,13-15,23,26H,6,12H2,1H3/t23-,26+/m0/s1. The summed E-state index contributed by atoms with van der Waals surface area (Å²) in [6.07, 6.45) is 3.59. The molecule has 0 radical (unpaired) electrons. The molecule has 0 fully saturated rings. The zero-order valence-electron chi connectivity index (χ0n) is 18.4. The molecule has 0 spiro atoms. The van der Waals surface area contributed by atoms with Crippen LogP contribution in [0.4, 0.5) is 6.01 Å². The molecule has 1 aromatic heterocycles. The van der Waals surface area contributed by atoms with Crippen molar-refractivity contribution in [3.05, 3.63) is 99.7 Å². The molecule has 6 rings (SSSR count). The number of aryl methyl sites for hydroxylation is 1. The zero-order valence-corrected chi connectivity index (χ0v) is 19.9. The Balaban J connectivity index is 1.44. The van der Waals surface area contributed by atoms with Crippen LogP contribution in [0, 0.1) is 5.92 Å². The van der Waals surface area contributed by atoms with E-state index < -0.39 is 0 Å². The molecule has 5 nitrogen and oxygen atoms in total. The Labute approximate surface area is 207 Å². The average Bonchev–Trinajstić information content (AvgIpc) is 3.50. The van der Waals surface area contributed by atoms with Crippen molar-refractivity contribution in [2.24, 2.45) is 11.0 Å². The molecule has 0 unspecified atom stereocenters. The zero-order chi connectivity index (χ0) is 23.2. The van der Waals surface area contributed by atoms with Crippen LogP contribution in [-0.4, -0.2) is 17.8 Å². The molecular weight excluding hydrogens is 469 g/mol. The van der Waals surface area contributed by atoms with E-state index >= 15 is 0 Å². The lowest BCUT2D eigenvalue weighted by atomic mass is 9.77. The molecule has 0 saturated carbocycles. The van der Waals surface area contributed by atoms with Crippen LogP contribution in [0.25, 0.3) is 11.3 Å². The van der Waals surface area contributed by atoms with Gasteiger partial charge in [-0.25, -0.2) is 5.01 Å². The number of rotatable bonds is 4. The number of oxazole rings is 1. The molecule has 0 bridgehead atoms. The lowest BCUT2D eigenvalue weighted by Crippen LogP contribution is -2.29. The van der Waals surface area contributed by atoms with Crippen molar-refractivity contribution in [2.45, 2.75) is 18.9 Å². The molecular formula is C27H21Cl2N3O2. The number of hydrogen-bond donors (Lipinski definition) is 0. The summed E-state index contributed by atoms with van der Waals surface area (Å²) in [6, 6.07) is 22.1. The smallest absolute Gasteiger partial charge is 0.319 e. The van der Waals surface area contributed by atoms with Gasteiger partial charge in [-0.1, -0.05) is 47.5 Å². The third-order valence-electron chi connectivity index (χ3n) is 6.56. The Morgan fingerprint density at radius 3 is 2.44 bits per heavy atom. The summed E-state index contributed by atoms with van der Waals surface area (Å²) in [5, 5.41) is 8.38. The molecule has 2 atom stereocenters. The van der Waals surface area contributed by atoms with Crippen molar-refractivity contribution in [1.29, 1.82) is 0 Å². The van der Waals surface area contributed by atoms with Crippen LogP contribution in [0.3, 0.4) is 0 Å². The lowest BCUT2D eigenvalue weighted by molar-refractivity contribution is 0.413. The Hall–Kier alpha value is -3.28. The molecule has 0 saturated heterocycles. The molecule has 2 aliphatic rings. The lowest BCUT2D eigenvalue weighted by Gasteiger charge is -2.29. The quantitative estimate of drug-likeness (QED) is 0.304. The van der Waals surface area contributed by atoms with Crippen molar-refractivity contribution < 1.29 is 9.15 Å². The molecule has 4 aromatic rings. The Morgan fingerprint density at radius 1 is 0.971 bits per heavy atom. The highest BCUT2D eigenvalue weighted by Crippen LogP contribution is 2.46. The summed E-state index contributed by atoms with van der Waals surface area (Å²) < 4.78 is 11.4. The van der Waals surface area contributed by atoms with Crippen molar-refractivity contribution in [1.82, 2.24) is 4.98 Å². The summed E-state index contributed by atoms with van der Waals surface area (Å²) in [7, 11) is 1.69.